The van der Waals surface area contributed by atoms with Crippen molar-refractivity contribution >= 4 is 33.6 Å². The number of rotatable bonds is 7. The Kier molecular flexibility index (Phi) is 6.75. The van der Waals surface area contributed by atoms with Crippen LogP contribution in [0.15, 0.2) is 66.2 Å². The number of fused-ring (bicyclic) bond motifs is 2. The number of aliphatic hydroxyl groups is 1. The molecule has 0 saturated carbocycles. The van der Waals surface area contributed by atoms with Crippen molar-refractivity contribution in [3.8, 4) is 5.82 Å². The summed E-state index contributed by atoms with van der Waals surface area (Å²) in [7, 11) is 4.24. The van der Waals surface area contributed by atoms with E-state index < -0.39 is 5.60 Å². The lowest BCUT2D eigenvalue weighted by atomic mass is 9.87. The average Bonchev–Trinajstić information content (AvgIpc) is 3.45. The molecule has 10 nitrogen and oxygen atoms in total. The molecular formula is C31H36N8O2. The highest BCUT2D eigenvalue weighted by Crippen LogP contribution is 2.36. The first-order chi connectivity index (χ1) is 19.6. The van der Waals surface area contributed by atoms with E-state index >= 15 is 0 Å². The summed E-state index contributed by atoms with van der Waals surface area (Å²) < 4.78 is 5.34. The molecule has 41 heavy (non-hydrogen) atoms. The van der Waals surface area contributed by atoms with E-state index in [1.807, 2.05) is 6.07 Å². The number of piperidine rings is 1. The average molecular weight is 553 g/mol. The predicted molar refractivity (Wildman–Crippen MR) is 162 cm³/mol. The zero-order valence-electron chi connectivity index (χ0n) is 24.0. The molecule has 0 amide bonds. The van der Waals surface area contributed by atoms with Crippen LogP contribution in [0.1, 0.15) is 43.9 Å². The van der Waals surface area contributed by atoms with Crippen LogP contribution in [0.2, 0.25) is 0 Å². The summed E-state index contributed by atoms with van der Waals surface area (Å²) in [6, 6.07) is 11.9. The summed E-state index contributed by atoms with van der Waals surface area (Å²) in [6.45, 7) is 9.60. The highest BCUT2D eigenvalue weighted by Gasteiger charge is 2.24. The van der Waals surface area contributed by atoms with Gasteiger partial charge in [0, 0.05) is 30.5 Å². The van der Waals surface area contributed by atoms with Gasteiger partial charge in [-0.3, -0.25) is 4.79 Å². The van der Waals surface area contributed by atoms with Gasteiger partial charge in [-0.25, -0.2) is 19.3 Å². The highest BCUT2D eigenvalue weighted by molar-refractivity contribution is 5.88. The van der Waals surface area contributed by atoms with Gasteiger partial charge in [-0.1, -0.05) is 12.1 Å². The highest BCUT2D eigenvalue weighted by atomic mass is 16.3. The largest absolute Gasteiger partial charge is 0.384 e. The van der Waals surface area contributed by atoms with Crippen LogP contribution in [0.25, 0.3) is 27.8 Å². The number of benzene rings is 1. The summed E-state index contributed by atoms with van der Waals surface area (Å²) in [4.78, 5) is 29.8. The maximum atomic E-state index is 13.4. The maximum Gasteiger partial charge on any atom is 0.278 e. The first kappa shape index (κ1) is 26.9. The second-order valence-electron chi connectivity index (χ2n) is 11.5. The van der Waals surface area contributed by atoms with Crippen LogP contribution in [0.3, 0.4) is 0 Å². The number of hydrogen-bond acceptors (Lipinski definition) is 7. The van der Waals surface area contributed by atoms with Crippen molar-refractivity contribution in [2.75, 3.05) is 25.5 Å². The normalized spacial score (nSPS) is 15.1. The van der Waals surface area contributed by atoms with Gasteiger partial charge in [0.05, 0.1) is 17.8 Å². The Morgan fingerprint density at radius 1 is 1.12 bits per heavy atom. The van der Waals surface area contributed by atoms with Crippen LogP contribution in [-0.4, -0.2) is 59.0 Å². The Bertz CT molecular complexity index is 1820. The number of aryl methyl sites for hydroxylation is 1. The van der Waals surface area contributed by atoms with Crippen molar-refractivity contribution in [1.82, 2.24) is 33.8 Å². The van der Waals surface area contributed by atoms with E-state index in [1.165, 1.54) is 15.6 Å². The van der Waals surface area contributed by atoms with Gasteiger partial charge in [-0.2, -0.15) is 4.98 Å². The topological polar surface area (TPSA) is 106 Å². The minimum atomic E-state index is -1.15. The number of aromatic nitrogens is 6. The molecule has 10 heteroatoms. The zero-order valence-corrected chi connectivity index (χ0v) is 24.0. The molecule has 1 fully saturated rings. The van der Waals surface area contributed by atoms with Crippen molar-refractivity contribution in [3.05, 3.63) is 83.1 Å². The Morgan fingerprint density at radius 3 is 2.63 bits per heavy atom. The van der Waals surface area contributed by atoms with Gasteiger partial charge in [0.1, 0.15) is 11.0 Å². The molecule has 5 heterocycles. The van der Waals surface area contributed by atoms with E-state index in [2.05, 4.69) is 69.8 Å². The molecule has 4 aromatic heterocycles. The Hall–Kier alpha value is -4.28. The summed E-state index contributed by atoms with van der Waals surface area (Å²) in [6.07, 6.45) is 7.55. The first-order valence-electron chi connectivity index (χ1n) is 14.0. The van der Waals surface area contributed by atoms with E-state index in [1.54, 1.807) is 42.9 Å². The van der Waals surface area contributed by atoms with Crippen LogP contribution in [0.5, 0.6) is 0 Å². The number of nitrogens with one attached hydrogen (secondary N) is 1. The van der Waals surface area contributed by atoms with Crippen molar-refractivity contribution in [2.45, 2.75) is 44.8 Å². The Balaban J connectivity index is 1.45. The smallest absolute Gasteiger partial charge is 0.278 e. The van der Waals surface area contributed by atoms with Gasteiger partial charge in [0.15, 0.2) is 11.5 Å². The van der Waals surface area contributed by atoms with Crippen LogP contribution in [-0.2, 0) is 19.2 Å². The molecule has 1 aliphatic heterocycles. The van der Waals surface area contributed by atoms with Crippen molar-refractivity contribution < 1.29 is 5.11 Å². The standard InChI is InChI=1S/C31H36N8O2/c1-6-13-38-29(40)24-19-32-30(35-28(24)39(38)27-9-7-8-26(34-27)31(2,3)41)33-21-17-23(20-10-14-36(4)15-11-20)22-12-16-37(5)25(22)18-21/h6-9,12,16-20,41H,1,10-11,13-15H2,2-5H3,(H,32,33,35). The number of pyridine rings is 1. The molecule has 5 aromatic rings. The molecule has 6 rings (SSSR count). The quantitative estimate of drug-likeness (QED) is 0.288. The molecule has 212 valence electrons. The fourth-order valence-corrected chi connectivity index (χ4v) is 5.75. The van der Waals surface area contributed by atoms with Crippen LogP contribution >= 0.6 is 0 Å². The van der Waals surface area contributed by atoms with E-state index in [-0.39, 0.29) is 12.1 Å². The van der Waals surface area contributed by atoms with Crippen LogP contribution in [0.4, 0.5) is 11.6 Å². The molecular weight excluding hydrogens is 516 g/mol. The molecule has 0 radical (unpaired) electrons. The molecule has 0 aliphatic carbocycles. The van der Waals surface area contributed by atoms with E-state index in [0.29, 0.717) is 34.4 Å². The lowest BCUT2D eigenvalue weighted by Gasteiger charge is -2.30. The van der Waals surface area contributed by atoms with Gasteiger partial charge in [-0.15, -0.1) is 6.58 Å². The van der Waals surface area contributed by atoms with Gasteiger partial charge in [0.25, 0.3) is 5.56 Å². The lowest BCUT2D eigenvalue weighted by molar-refractivity contribution is 0.0738. The van der Waals surface area contributed by atoms with Crippen LogP contribution in [0, 0.1) is 0 Å². The number of allylic oxidation sites excluding steroid dienone is 1. The molecule has 0 unspecified atom stereocenters. The summed E-state index contributed by atoms with van der Waals surface area (Å²) in [5.74, 6) is 1.33. The van der Waals surface area contributed by atoms with Crippen molar-refractivity contribution in [3.63, 3.8) is 0 Å². The monoisotopic (exact) mass is 552 g/mol. The van der Waals surface area contributed by atoms with Crippen molar-refractivity contribution in [1.29, 1.82) is 0 Å². The summed E-state index contributed by atoms with van der Waals surface area (Å²) >= 11 is 0. The molecule has 1 aromatic carbocycles. The van der Waals surface area contributed by atoms with Crippen molar-refractivity contribution in [2.24, 2.45) is 7.05 Å². The molecule has 0 atom stereocenters. The zero-order chi connectivity index (χ0) is 28.9. The second-order valence-corrected chi connectivity index (χ2v) is 11.5. The fourth-order valence-electron chi connectivity index (χ4n) is 5.75. The molecule has 0 bridgehead atoms. The lowest BCUT2D eigenvalue weighted by Crippen LogP contribution is -2.29. The fraction of sp³-hybridized carbons (Fsp3) is 0.355. The first-order valence-corrected chi connectivity index (χ1v) is 14.0. The molecule has 1 aliphatic rings. The number of anilines is 2. The molecule has 2 N–H and O–H groups in total. The minimum absolute atomic E-state index is 0.239. The molecule has 0 spiro atoms. The number of nitrogens with zero attached hydrogens (tertiary/aromatic N) is 7. The number of hydrogen-bond donors (Lipinski definition) is 2. The van der Waals surface area contributed by atoms with E-state index in [0.717, 1.165) is 37.1 Å². The van der Waals surface area contributed by atoms with Gasteiger partial charge in [0.2, 0.25) is 5.95 Å². The number of likely N-dealkylation sites (tertiary alicyclic amines) is 1. The Morgan fingerprint density at radius 2 is 1.90 bits per heavy atom. The third-order valence-corrected chi connectivity index (χ3v) is 8.01. The second kappa shape index (κ2) is 10.3. The Labute approximate surface area is 238 Å². The van der Waals surface area contributed by atoms with Gasteiger partial charge >= 0.3 is 0 Å². The van der Waals surface area contributed by atoms with Crippen LogP contribution < -0.4 is 10.9 Å². The summed E-state index contributed by atoms with van der Waals surface area (Å²) in [5, 5.41) is 15.6. The summed E-state index contributed by atoms with van der Waals surface area (Å²) in [5.41, 5.74) is 2.90. The SMILES string of the molecule is C=CCn1c(=O)c2cnc(Nc3cc(C4CCN(C)CC4)c4ccn(C)c4c3)nc2n1-c1cccc(C(C)(C)O)n1. The van der Waals surface area contributed by atoms with E-state index in [9.17, 15) is 9.90 Å². The minimum Gasteiger partial charge on any atom is -0.384 e. The van der Waals surface area contributed by atoms with Gasteiger partial charge < -0.3 is 19.9 Å². The van der Waals surface area contributed by atoms with E-state index in [4.69, 9.17) is 4.98 Å². The molecule has 1 saturated heterocycles. The predicted octanol–water partition coefficient (Wildman–Crippen LogP) is 4.44. The third-order valence-electron chi connectivity index (χ3n) is 8.01. The maximum absolute atomic E-state index is 13.4. The van der Waals surface area contributed by atoms with Gasteiger partial charge in [-0.05, 0) is 88.6 Å². The third kappa shape index (κ3) is 4.93.